The zero-order chi connectivity index (χ0) is 28.8. The third-order valence-electron chi connectivity index (χ3n) is 8.36. The van der Waals surface area contributed by atoms with Gasteiger partial charge in [0.2, 0.25) is 5.91 Å². The van der Waals surface area contributed by atoms with Crippen LogP contribution in [0.2, 0.25) is 0 Å². The standard InChI is InChI=1S/C29H35FN6O5/c1-4-32-16-18(2)36-24-23(26(40-3)25(36)29(32)39)28(38)35-17-19-8-9-20(30)15-21(19)41-14-6-5-7-22(37)33-10-12-34(13-11-33)27(24)31-35/h8-9,15,18H,4-7,10-14,16-17H2,1-3H3. The highest BCUT2D eigenvalue weighted by Gasteiger charge is 2.38. The van der Waals surface area contributed by atoms with Crippen molar-refractivity contribution in [2.75, 3.05) is 57.9 Å². The van der Waals surface area contributed by atoms with Gasteiger partial charge in [-0.25, -0.2) is 9.07 Å². The summed E-state index contributed by atoms with van der Waals surface area (Å²) in [6.45, 7) is 7.46. The zero-order valence-electron chi connectivity index (χ0n) is 23.7. The van der Waals surface area contributed by atoms with Crippen LogP contribution in [-0.2, 0) is 11.3 Å². The summed E-state index contributed by atoms with van der Waals surface area (Å²) >= 11 is 0. The smallest absolute Gasteiger partial charge is 0.280 e. The second-order valence-electron chi connectivity index (χ2n) is 10.9. The van der Waals surface area contributed by atoms with E-state index >= 15 is 0 Å². The third kappa shape index (κ3) is 4.58. The van der Waals surface area contributed by atoms with Crippen molar-refractivity contribution in [3.8, 4) is 11.5 Å². The van der Waals surface area contributed by atoms with Crippen molar-refractivity contribution < 1.29 is 23.5 Å². The minimum Gasteiger partial charge on any atom is -0.493 e. The summed E-state index contributed by atoms with van der Waals surface area (Å²) in [7, 11) is 1.47. The molecule has 1 atom stereocenters. The van der Waals surface area contributed by atoms with Crippen LogP contribution in [0.4, 0.5) is 10.2 Å². The topological polar surface area (TPSA) is 102 Å². The number of hydrogen-bond donors (Lipinski definition) is 0. The Balaban J connectivity index is 1.60. The van der Waals surface area contributed by atoms with Crippen molar-refractivity contribution in [2.24, 2.45) is 0 Å². The molecule has 11 nitrogen and oxygen atoms in total. The Kier molecular flexibility index (Phi) is 7.08. The lowest BCUT2D eigenvalue weighted by Gasteiger charge is -2.37. The van der Waals surface area contributed by atoms with Crippen LogP contribution in [-0.4, -0.2) is 88.9 Å². The van der Waals surface area contributed by atoms with E-state index in [9.17, 15) is 18.8 Å². The van der Waals surface area contributed by atoms with Crippen molar-refractivity contribution in [1.82, 2.24) is 24.1 Å². The van der Waals surface area contributed by atoms with Gasteiger partial charge in [-0.3, -0.25) is 14.4 Å². The Morgan fingerprint density at radius 1 is 1.10 bits per heavy atom. The van der Waals surface area contributed by atoms with Gasteiger partial charge in [0.25, 0.3) is 11.5 Å². The number of benzene rings is 1. The van der Waals surface area contributed by atoms with E-state index in [4.69, 9.17) is 14.6 Å². The summed E-state index contributed by atoms with van der Waals surface area (Å²) < 4.78 is 29.2. The predicted octanol–water partition coefficient (Wildman–Crippen LogP) is 2.64. The van der Waals surface area contributed by atoms with Crippen LogP contribution in [0.3, 0.4) is 0 Å². The maximum atomic E-state index is 14.2. The number of halogens is 1. The molecule has 0 spiro atoms. The highest BCUT2D eigenvalue weighted by molar-refractivity contribution is 6.07. The molecule has 3 aromatic rings. The largest absolute Gasteiger partial charge is 0.493 e. The van der Waals surface area contributed by atoms with Crippen LogP contribution < -0.4 is 19.9 Å². The molecule has 0 radical (unpaired) electrons. The average Bonchev–Trinajstić information content (AvgIpc) is 3.33. The van der Waals surface area contributed by atoms with Crippen LogP contribution >= 0.6 is 0 Å². The zero-order valence-corrected chi connectivity index (χ0v) is 23.7. The van der Waals surface area contributed by atoms with Crippen molar-refractivity contribution in [1.29, 1.82) is 0 Å². The van der Waals surface area contributed by atoms with Crippen LogP contribution in [0.15, 0.2) is 23.0 Å². The predicted molar refractivity (Wildman–Crippen MR) is 150 cm³/mol. The molecule has 0 N–H and O–H groups in total. The van der Waals surface area contributed by atoms with Gasteiger partial charge < -0.3 is 28.7 Å². The number of carbonyl (C=O) groups is 2. The molecule has 12 heteroatoms. The summed E-state index contributed by atoms with van der Waals surface area (Å²) in [5.41, 5.74) is 1.09. The molecule has 4 bridgehead atoms. The van der Waals surface area contributed by atoms with E-state index in [0.717, 1.165) is 0 Å². The number of fused-ring (bicyclic) bond motifs is 10. The van der Waals surface area contributed by atoms with Gasteiger partial charge in [-0.1, -0.05) is 6.07 Å². The number of hydrogen-bond acceptors (Lipinski definition) is 7. The molecular formula is C29H35FN6O5. The summed E-state index contributed by atoms with van der Waals surface area (Å²) in [5.74, 6) is 0.560. The SMILES string of the molecule is CCN1CC(C)n2c(c(OC)c3c(=O)n4nc(c32)N2CCN(CC2)C(=O)CCCCOc2cc(F)ccc2C4)C1=O. The van der Waals surface area contributed by atoms with Crippen molar-refractivity contribution in [2.45, 2.75) is 45.7 Å². The Hall–Kier alpha value is -4.09. The number of aromatic nitrogens is 3. The number of carbonyl (C=O) groups excluding carboxylic acids is 2. The lowest BCUT2D eigenvalue weighted by Crippen LogP contribution is -2.49. The van der Waals surface area contributed by atoms with E-state index in [1.807, 2.05) is 23.3 Å². The van der Waals surface area contributed by atoms with Gasteiger partial charge in [0.15, 0.2) is 17.3 Å². The second-order valence-corrected chi connectivity index (χ2v) is 10.9. The van der Waals surface area contributed by atoms with E-state index in [1.54, 1.807) is 11.0 Å². The van der Waals surface area contributed by atoms with Gasteiger partial charge >= 0.3 is 0 Å². The van der Waals surface area contributed by atoms with Gasteiger partial charge in [0.05, 0.1) is 20.3 Å². The van der Waals surface area contributed by atoms with E-state index in [0.29, 0.717) is 93.5 Å². The molecule has 218 valence electrons. The van der Waals surface area contributed by atoms with E-state index in [1.165, 1.54) is 23.9 Å². The Labute approximate surface area is 237 Å². The van der Waals surface area contributed by atoms with Gasteiger partial charge in [-0.15, -0.1) is 5.10 Å². The molecule has 1 aromatic carbocycles. The summed E-state index contributed by atoms with van der Waals surface area (Å²) in [5, 5.41) is 5.16. The number of ether oxygens (including phenoxy) is 2. The fourth-order valence-corrected chi connectivity index (χ4v) is 6.23. The first-order chi connectivity index (χ1) is 19.8. The molecule has 1 saturated heterocycles. The van der Waals surface area contributed by atoms with Gasteiger partial charge in [-0.2, -0.15) is 0 Å². The van der Waals surface area contributed by atoms with E-state index < -0.39 is 11.4 Å². The number of methoxy groups -OCH3 is 1. The molecule has 6 heterocycles. The van der Waals surface area contributed by atoms with Crippen LogP contribution in [0.25, 0.3) is 10.9 Å². The third-order valence-corrected chi connectivity index (χ3v) is 8.36. The fourth-order valence-electron chi connectivity index (χ4n) is 6.23. The molecule has 1 unspecified atom stereocenters. The first-order valence-corrected chi connectivity index (χ1v) is 14.3. The Morgan fingerprint density at radius 2 is 1.85 bits per heavy atom. The summed E-state index contributed by atoms with van der Waals surface area (Å²) in [6.07, 6.45) is 1.73. The second kappa shape index (κ2) is 10.7. The van der Waals surface area contributed by atoms with Gasteiger partial charge in [0, 0.05) is 63.4 Å². The summed E-state index contributed by atoms with van der Waals surface area (Å²) in [4.78, 5) is 46.4. The van der Waals surface area contributed by atoms with Gasteiger partial charge in [-0.05, 0) is 32.8 Å². The number of rotatable bonds is 2. The van der Waals surface area contributed by atoms with Crippen LogP contribution in [0.1, 0.15) is 55.2 Å². The van der Waals surface area contributed by atoms with Crippen molar-refractivity contribution in [3.05, 3.63) is 45.6 Å². The quantitative estimate of drug-likeness (QED) is 0.470. The monoisotopic (exact) mass is 566 g/mol. The molecule has 4 aliphatic heterocycles. The van der Waals surface area contributed by atoms with Crippen molar-refractivity contribution in [3.63, 3.8) is 0 Å². The Morgan fingerprint density at radius 3 is 2.59 bits per heavy atom. The normalized spacial score (nSPS) is 19.8. The average molecular weight is 567 g/mol. The molecule has 7 rings (SSSR count). The highest BCUT2D eigenvalue weighted by Crippen LogP contribution is 2.41. The van der Waals surface area contributed by atoms with Crippen molar-refractivity contribution >= 4 is 28.5 Å². The molecule has 0 saturated carbocycles. The molecule has 2 aromatic heterocycles. The molecule has 4 aliphatic rings. The number of amides is 2. The molecule has 2 amide bonds. The molecule has 0 aliphatic carbocycles. The maximum Gasteiger partial charge on any atom is 0.280 e. The number of nitrogens with zero attached hydrogens (tertiary/aromatic N) is 6. The van der Waals surface area contributed by atoms with Gasteiger partial charge in [0.1, 0.15) is 22.5 Å². The number of likely N-dealkylation sites (N-methyl/N-ethyl adjacent to an activating group) is 1. The lowest BCUT2D eigenvalue weighted by molar-refractivity contribution is -0.131. The van der Waals surface area contributed by atoms with E-state index in [-0.39, 0.29) is 35.5 Å². The maximum absolute atomic E-state index is 14.2. The van der Waals surface area contributed by atoms with E-state index in [2.05, 4.69) is 4.90 Å². The molecular weight excluding hydrogens is 531 g/mol. The Bertz CT molecular complexity index is 1570. The molecule has 1 fully saturated rings. The fraction of sp³-hybridized carbons (Fsp3) is 0.517. The lowest BCUT2D eigenvalue weighted by atomic mass is 10.1. The number of piperazine rings is 1. The minimum absolute atomic E-state index is 0.0457. The summed E-state index contributed by atoms with van der Waals surface area (Å²) in [6, 6.07) is 4.12. The number of anilines is 1. The van der Waals surface area contributed by atoms with Crippen LogP contribution in [0.5, 0.6) is 11.5 Å². The minimum atomic E-state index is -0.448. The highest BCUT2D eigenvalue weighted by atomic mass is 19.1. The molecule has 41 heavy (non-hydrogen) atoms. The first kappa shape index (κ1) is 27.1. The first-order valence-electron chi connectivity index (χ1n) is 14.3. The van der Waals surface area contributed by atoms with Crippen LogP contribution in [0, 0.1) is 5.82 Å².